The van der Waals surface area contributed by atoms with E-state index in [4.69, 9.17) is 19.4 Å². The van der Waals surface area contributed by atoms with Crippen LogP contribution in [0.4, 0.5) is 4.79 Å². The Bertz CT molecular complexity index is 2280. The van der Waals surface area contributed by atoms with Crippen LogP contribution >= 0.6 is 11.3 Å². The molecule has 3 aliphatic rings. The summed E-state index contributed by atoms with van der Waals surface area (Å²) >= 11 is 1.43. The number of hydrazine groups is 1. The van der Waals surface area contributed by atoms with Crippen molar-refractivity contribution in [3.05, 3.63) is 58.2 Å². The van der Waals surface area contributed by atoms with Gasteiger partial charge in [0.1, 0.15) is 23.9 Å². The normalized spacial score (nSPS) is 21.9. The molecule has 62 heavy (non-hydrogen) atoms. The number of amides is 4. The lowest BCUT2D eigenvalue weighted by molar-refractivity contribution is -0.147. The summed E-state index contributed by atoms with van der Waals surface area (Å²) in [6, 6.07) is 8.62. The molecule has 3 N–H and O–H groups in total. The van der Waals surface area contributed by atoms with E-state index in [2.05, 4.69) is 65.7 Å². The molecular weight excluding hydrogens is 807 g/mol. The highest BCUT2D eigenvalue weighted by molar-refractivity contribution is 7.10. The fourth-order valence-electron chi connectivity index (χ4n) is 9.26. The third-order valence-electron chi connectivity index (χ3n) is 12.7. The molecule has 0 saturated carbocycles. The predicted molar refractivity (Wildman–Crippen MR) is 240 cm³/mol. The number of benzene rings is 1. The van der Waals surface area contributed by atoms with Gasteiger partial charge in [0.15, 0.2) is 0 Å². The molecule has 2 saturated heterocycles. The molecule has 6 bridgehead atoms. The van der Waals surface area contributed by atoms with Gasteiger partial charge in [-0.1, -0.05) is 33.8 Å². The highest BCUT2D eigenvalue weighted by atomic mass is 32.1. The molecule has 4 amide bonds. The van der Waals surface area contributed by atoms with Crippen molar-refractivity contribution in [2.45, 2.75) is 104 Å². The number of hydrogen-bond donors (Lipinski definition) is 3. The van der Waals surface area contributed by atoms with Crippen LogP contribution in [0.15, 0.2) is 41.9 Å². The van der Waals surface area contributed by atoms with Crippen molar-refractivity contribution in [3.63, 3.8) is 0 Å². The zero-order valence-corrected chi connectivity index (χ0v) is 38.4. The largest absolute Gasteiger partial charge is 0.378 e. The molecule has 0 radical (unpaired) electrons. The van der Waals surface area contributed by atoms with Crippen molar-refractivity contribution >= 4 is 46.4 Å². The number of aromatic nitrogens is 3. The van der Waals surface area contributed by atoms with Gasteiger partial charge >= 0.3 is 6.03 Å². The van der Waals surface area contributed by atoms with Crippen LogP contribution in [0.2, 0.25) is 0 Å². The van der Waals surface area contributed by atoms with E-state index >= 15 is 0 Å². The molecule has 6 heterocycles. The number of carbonyl (C=O) groups is 4. The van der Waals surface area contributed by atoms with Crippen LogP contribution in [0.25, 0.3) is 33.4 Å². The van der Waals surface area contributed by atoms with Gasteiger partial charge in [-0.3, -0.25) is 19.6 Å². The maximum absolute atomic E-state index is 14.7. The van der Waals surface area contributed by atoms with Gasteiger partial charge in [-0.05, 0) is 81.3 Å². The van der Waals surface area contributed by atoms with Gasteiger partial charge in [0.05, 0.1) is 41.4 Å². The number of methoxy groups -OCH3 is 1. The molecule has 3 aliphatic heterocycles. The monoisotopic (exact) mass is 869 g/mol. The minimum atomic E-state index is -1.16. The minimum absolute atomic E-state index is 0.0512. The van der Waals surface area contributed by atoms with Crippen LogP contribution in [-0.2, 0) is 43.2 Å². The summed E-state index contributed by atoms with van der Waals surface area (Å²) in [7, 11) is 5.20. The van der Waals surface area contributed by atoms with E-state index in [1.54, 1.807) is 25.3 Å². The number of aldehydes is 1. The molecule has 334 valence electrons. The summed E-state index contributed by atoms with van der Waals surface area (Å²) < 4.78 is 14.7. The van der Waals surface area contributed by atoms with Crippen LogP contribution in [-0.4, -0.2) is 131 Å². The van der Waals surface area contributed by atoms with Crippen molar-refractivity contribution in [1.82, 2.24) is 45.4 Å². The zero-order valence-electron chi connectivity index (χ0n) is 37.6. The Morgan fingerprint density at radius 1 is 1.18 bits per heavy atom. The number of carbonyl (C=O) groups excluding carboxylic acids is 4. The lowest BCUT2D eigenvalue weighted by atomic mass is 9.84. The summed E-state index contributed by atoms with van der Waals surface area (Å²) in [4.78, 5) is 68.6. The first kappa shape index (κ1) is 45.3. The Kier molecular flexibility index (Phi) is 13.5. The number of nitrogens with one attached hydrogen (secondary N) is 3. The first-order valence-electron chi connectivity index (χ1n) is 21.8. The molecule has 4 aromatic rings. The van der Waals surface area contributed by atoms with Crippen molar-refractivity contribution in [1.29, 1.82) is 0 Å². The van der Waals surface area contributed by atoms with E-state index < -0.39 is 29.4 Å². The third-order valence-corrected chi connectivity index (χ3v) is 13.6. The average Bonchev–Trinajstić information content (AvgIpc) is 3.83. The molecule has 7 rings (SSSR count). The number of nitrogens with zero attached hydrogens (tertiary/aromatic N) is 6. The number of rotatable bonds is 10. The van der Waals surface area contributed by atoms with E-state index in [1.165, 1.54) is 21.2 Å². The second-order valence-corrected chi connectivity index (χ2v) is 19.2. The first-order chi connectivity index (χ1) is 29.6. The van der Waals surface area contributed by atoms with E-state index in [9.17, 15) is 19.2 Å². The van der Waals surface area contributed by atoms with Gasteiger partial charge in [0, 0.05) is 86.4 Å². The highest BCUT2D eigenvalue weighted by Crippen LogP contribution is 2.42. The topological polar surface area (TPSA) is 163 Å². The van der Waals surface area contributed by atoms with Crippen LogP contribution in [0.3, 0.4) is 0 Å². The van der Waals surface area contributed by atoms with Gasteiger partial charge in [-0.25, -0.2) is 15.2 Å². The molecule has 0 spiro atoms. The lowest BCUT2D eigenvalue weighted by Gasteiger charge is -2.43. The van der Waals surface area contributed by atoms with Gasteiger partial charge in [-0.2, -0.15) is 0 Å². The number of likely N-dealkylation sites (tertiary alicyclic amines) is 1. The number of likely N-dealkylation sites (N-methyl/N-ethyl adjacent to an activating group) is 2. The second-order valence-electron chi connectivity index (χ2n) is 18.3. The Labute approximate surface area is 368 Å². The van der Waals surface area contributed by atoms with E-state index in [-0.39, 0.29) is 42.5 Å². The molecule has 0 aliphatic carbocycles. The number of fused-ring (bicyclic) bond motifs is 6. The smallest absolute Gasteiger partial charge is 0.320 e. The molecule has 0 unspecified atom stereocenters. The summed E-state index contributed by atoms with van der Waals surface area (Å²) in [6.07, 6.45) is 4.20. The van der Waals surface area contributed by atoms with Crippen molar-refractivity contribution in [3.8, 4) is 22.5 Å². The number of urea groups is 1. The van der Waals surface area contributed by atoms with Crippen molar-refractivity contribution < 1.29 is 28.7 Å². The summed E-state index contributed by atoms with van der Waals surface area (Å²) in [5.41, 5.74) is 8.58. The fraction of sp³-hybridized carbons (Fsp3) is 0.565. The Morgan fingerprint density at radius 2 is 1.95 bits per heavy atom. The summed E-state index contributed by atoms with van der Waals surface area (Å²) in [5, 5.41) is 11.4. The lowest BCUT2D eigenvalue weighted by Crippen LogP contribution is -2.67. The Morgan fingerprint density at radius 3 is 2.65 bits per heavy atom. The molecule has 4 atom stereocenters. The number of ether oxygens (including phenoxy) is 2. The van der Waals surface area contributed by atoms with Crippen molar-refractivity contribution in [2.24, 2.45) is 11.3 Å². The number of thiazole rings is 1. The molecule has 16 heteroatoms. The first-order valence-corrected chi connectivity index (χ1v) is 22.7. The number of hydrogen-bond acceptors (Lipinski definition) is 11. The molecule has 3 aromatic heterocycles. The molecular formula is C46H63N9O6S. The SMILES string of the molecule is CCn1c(-c2cccnc2[C@H](C)OC)c2c3cc(ccc31)-c1csc(n1)C[C@H](NC(=O)[C@H](C(C)C)N(C)C(=O)N1CC(NC)C1)C(=O)N1CCC[C@](C=O)(COCC(C)(C)C2)N1. The minimum Gasteiger partial charge on any atom is -0.378 e. The zero-order chi connectivity index (χ0) is 44.5. The predicted octanol–water partition coefficient (Wildman–Crippen LogP) is 5.23. The van der Waals surface area contributed by atoms with E-state index in [0.29, 0.717) is 50.5 Å². The summed E-state index contributed by atoms with van der Waals surface area (Å²) in [5.74, 6) is -1.08. The fourth-order valence-corrected chi connectivity index (χ4v) is 10.1. The standard InChI is InChI=1S/C46H63N9O6S/c1-10-54-37-15-14-30-19-33(37)34(41(54)32-13-11-17-48-39(32)29(4)60-9)21-45(5,6)26-61-27-46(25-56)16-12-18-55(51-46)43(58)35(20-38-49-36(30)24-62-38)50-42(57)40(28(2)3)52(8)44(59)53-22-31(23-53)47-7/h11,13-15,17,19,24-25,28-29,31,35,40,47,51H,10,12,16,18,20-23,26-27H2,1-9H3,(H,50,57)/t29-,35-,40-,46-/m0/s1. The van der Waals surface area contributed by atoms with Crippen LogP contribution in [0, 0.1) is 11.3 Å². The molecule has 15 nitrogen and oxygen atoms in total. The maximum Gasteiger partial charge on any atom is 0.320 e. The maximum atomic E-state index is 14.7. The van der Waals surface area contributed by atoms with Crippen LogP contribution in [0.5, 0.6) is 0 Å². The van der Waals surface area contributed by atoms with E-state index in [0.717, 1.165) is 57.5 Å². The van der Waals surface area contributed by atoms with Gasteiger partial charge in [-0.15, -0.1) is 11.3 Å². The highest BCUT2D eigenvalue weighted by Gasteiger charge is 2.42. The van der Waals surface area contributed by atoms with Gasteiger partial charge in [0.2, 0.25) is 5.91 Å². The van der Waals surface area contributed by atoms with Crippen LogP contribution in [0.1, 0.15) is 76.8 Å². The average molecular weight is 870 g/mol. The van der Waals surface area contributed by atoms with Crippen molar-refractivity contribution in [2.75, 3.05) is 54.1 Å². The second kappa shape index (κ2) is 18.5. The molecule has 1 aromatic carbocycles. The molecule has 2 fully saturated rings. The number of pyridine rings is 1. The van der Waals surface area contributed by atoms with Crippen LogP contribution < -0.4 is 16.1 Å². The summed E-state index contributed by atoms with van der Waals surface area (Å²) in [6.45, 7) is 14.8. The van der Waals surface area contributed by atoms with Gasteiger partial charge in [0.25, 0.3) is 5.91 Å². The van der Waals surface area contributed by atoms with Gasteiger partial charge < -0.3 is 39.3 Å². The Hall–Kier alpha value is -4.74. The number of aryl methyl sites for hydroxylation is 1. The third kappa shape index (κ3) is 9.03. The Balaban J connectivity index is 1.30. The quantitative estimate of drug-likeness (QED) is 0.180. The van der Waals surface area contributed by atoms with E-state index in [1.807, 2.05) is 39.3 Å².